The lowest BCUT2D eigenvalue weighted by molar-refractivity contribution is 0.0697. The van der Waals surface area contributed by atoms with Gasteiger partial charge in [0.05, 0.1) is 16.8 Å². The Labute approximate surface area is 114 Å². The summed E-state index contributed by atoms with van der Waals surface area (Å²) in [7, 11) is 0. The van der Waals surface area contributed by atoms with Crippen molar-refractivity contribution in [2.45, 2.75) is 13.8 Å². The summed E-state index contributed by atoms with van der Waals surface area (Å²) >= 11 is 0. The minimum atomic E-state index is -0.982. The molecule has 0 aliphatic rings. The molecule has 0 fully saturated rings. The van der Waals surface area contributed by atoms with Crippen molar-refractivity contribution < 1.29 is 14.3 Å². The summed E-state index contributed by atoms with van der Waals surface area (Å²) in [5.41, 5.74) is 3.84. The van der Waals surface area contributed by atoms with E-state index in [1.165, 1.54) is 12.1 Å². The number of pyridine rings is 1. The highest BCUT2D eigenvalue weighted by Gasteiger charge is 2.13. The number of hydrogen-bond donors (Lipinski definition) is 1. The molecule has 1 aromatic carbocycles. The number of aryl methyl sites for hydroxylation is 2. The number of carboxylic acid groups (broad SMARTS) is 1. The Kier molecular flexibility index (Phi) is 2.75. The Bertz CT molecular complexity index is 821. The molecular formula is C15H12N2O3. The standard InChI is InChI=1S/C15H12N2O3/c1-8-3-5-11(9(2)16-8)14-17-12-7-10(15(18)19)4-6-13(12)20-14/h3-7H,1-2H3,(H,18,19). The van der Waals surface area contributed by atoms with Crippen LogP contribution in [0.15, 0.2) is 34.7 Å². The summed E-state index contributed by atoms with van der Waals surface area (Å²) in [6, 6.07) is 8.41. The summed E-state index contributed by atoms with van der Waals surface area (Å²) in [6.07, 6.45) is 0. The molecule has 5 nitrogen and oxygen atoms in total. The molecule has 0 spiro atoms. The van der Waals surface area contributed by atoms with Crippen molar-refractivity contribution in [3.63, 3.8) is 0 Å². The van der Waals surface area contributed by atoms with Crippen LogP contribution in [0.1, 0.15) is 21.7 Å². The molecule has 2 aromatic heterocycles. The van der Waals surface area contributed by atoms with Crippen molar-refractivity contribution in [1.29, 1.82) is 0 Å². The van der Waals surface area contributed by atoms with Crippen molar-refractivity contribution in [2.75, 3.05) is 0 Å². The molecule has 0 saturated heterocycles. The predicted octanol–water partition coefficient (Wildman–Crippen LogP) is 3.20. The fourth-order valence-electron chi connectivity index (χ4n) is 2.09. The van der Waals surface area contributed by atoms with E-state index >= 15 is 0 Å². The van der Waals surface area contributed by atoms with E-state index in [4.69, 9.17) is 9.52 Å². The maximum atomic E-state index is 10.9. The van der Waals surface area contributed by atoms with Crippen molar-refractivity contribution >= 4 is 17.1 Å². The smallest absolute Gasteiger partial charge is 0.335 e. The Morgan fingerprint density at radius 2 is 1.95 bits per heavy atom. The second-order valence-electron chi connectivity index (χ2n) is 4.59. The third-order valence-electron chi connectivity index (χ3n) is 3.09. The van der Waals surface area contributed by atoms with Gasteiger partial charge in [-0.05, 0) is 44.2 Å². The summed E-state index contributed by atoms with van der Waals surface area (Å²) in [6.45, 7) is 3.81. The topological polar surface area (TPSA) is 76.2 Å². The predicted molar refractivity (Wildman–Crippen MR) is 73.7 cm³/mol. The van der Waals surface area contributed by atoms with Gasteiger partial charge in [0.1, 0.15) is 5.52 Å². The third kappa shape index (κ3) is 2.03. The maximum Gasteiger partial charge on any atom is 0.335 e. The number of aromatic carboxylic acids is 1. The zero-order chi connectivity index (χ0) is 14.3. The number of benzene rings is 1. The molecule has 0 radical (unpaired) electrons. The number of nitrogens with zero attached hydrogens (tertiary/aromatic N) is 2. The van der Waals surface area contributed by atoms with E-state index in [-0.39, 0.29) is 5.56 Å². The molecule has 100 valence electrons. The summed E-state index contributed by atoms with van der Waals surface area (Å²) in [4.78, 5) is 19.7. The number of aromatic nitrogens is 2. The average molecular weight is 268 g/mol. The van der Waals surface area contributed by atoms with Gasteiger partial charge in [0, 0.05) is 5.69 Å². The molecule has 1 N–H and O–H groups in total. The highest BCUT2D eigenvalue weighted by Crippen LogP contribution is 2.26. The fraction of sp³-hybridized carbons (Fsp3) is 0.133. The van der Waals surface area contributed by atoms with Gasteiger partial charge in [-0.25, -0.2) is 9.78 Å². The summed E-state index contributed by atoms with van der Waals surface area (Å²) < 4.78 is 5.67. The third-order valence-corrected chi connectivity index (χ3v) is 3.09. The van der Waals surface area contributed by atoms with E-state index in [9.17, 15) is 4.79 Å². The van der Waals surface area contributed by atoms with Gasteiger partial charge in [0.25, 0.3) is 0 Å². The maximum absolute atomic E-state index is 10.9. The second-order valence-corrected chi connectivity index (χ2v) is 4.59. The molecular weight excluding hydrogens is 256 g/mol. The monoisotopic (exact) mass is 268 g/mol. The first kappa shape index (κ1) is 12.3. The van der Waals surface area contributed by atoms with Crippen LogP contribution < -0.4 is 0 Å². The molecule has 0 atom stereocenters. The van der Waals surface area contributed by atoms with E-state index in [0.29, 0.717) is 17.0 Å². The number of carbonyl (C=O) groups is 1. The Hall–Kier alpha value is -2.69. The van der Waals surface area contributed by atoms with Crippen LogP contribution in [0.2, 0.25) is 0 Å². The van der Waals surface area contributed by atoms with Gasteiger partial charge in [0.2, 0.25) is 5.89 Å². The van der Waals surface area contributed by atoms with Crippen molar-refractivity contribution in [3.8, 4) is 11.5 Å². The second kappa shape index (κ2) is 4.45. The number of rotatable bonds is 2. The van der Waals surface area contributed by atoms with Crippen molar-refractivity contribution in [2.24, 2.45) is 0 Å². The highest BCUT2D eigenvalue weighted by molar-refractivity contribution is 5.92. The Morgan fingerprint density at radius 1 is 1.15 bits per heavy atom. The van der Waals surface area contributed by atoms with Crippen LogP contribution >= 0.6 is 0 Å². The molecule has 0 amide bonds. The number of oxazole rings is 1. The lowest BCUT2D eigenvalue weighted by Gasteiger charge is -2.00. The first-order valence-corrected chi connectivity index (χ1v) is 6.13. The normalized spacial score (nSPS) is 10.9. The van der Waals surface area contributed by atoms with Crippen LogP contribution in [0.25, 0.3) is 22.6 Å². The Morgan fingerprint density at radius 3 is 2.65 bits per heavy atom. The van der Waals surface area contributed by atoms with Gasteiger partial charge in [-0.1, -0.05) is 0 Å². The van der Waals surface area contributed by atoms with E-state index in [2.05, 4.69) is 9.97 Å². The van der Waals surface area contributed by atoms with Gasteiger partial charge in [-0.2, -0.15) is 0 Å². The summed E-state index contributed by atoms with van der Waals surface area (Å²) in [5, 5.41) is 8.97. The number of fused-ring (bicyclic) bond motifs is 1. The lowest BCUT2D eigenvalue weighted by Crippen LogP contribution is -1.94. The molecule has 0 aliphatic heterocycles. The van der Waals surface area contributed by atoms with Crippen LogP contribution in [0.3, 0.4) is 0 Å². The van der Waals surface area contributed by atoms with E-state index < -0.39 is 5.97 Å². The van der Waals surface area contributed by atoms with E-state index in [1.54, 1.807) is 6.07 Å². The molecule has 20 heavy (non-hydrogen) atoms. The van der Waals surface area contributed by atoms with Crippen LogP contribution in [0.4, 0.5) is 0 Å². The minimum Gasteiger partial charge on any atom is -0.478 e. The van der Waals surface area contributed by atoms with Crippen LogP contribution in [0, 0.1) is 13.8 Å². The fourth-order valence-corrected chi connectivity index (χ4v) is 2.09. The molecule has 2 heterocycles. The largest absolute Gasteiger partial charge is 0.478 e. The average Bonchev–Trinajstić information content (AvgIpc) is 2.80. The molecule has 0 aliphatic carbocycles. The number of carboxylic acids is 1. The zero-order valence-corrected chi connectivity index (χ0v) is 11.0. The molecule has 3 aromatic rings. The minimum absolute atomic E-state index is 0.191. The van der Waals surface area contributed by atoms with Gasteiger partial charge in [-0.3, -0.25) is 4.98 Å². The first-order valence-electron chi connectivity index (χ1n) is 6.13. The summed E-state index contributed by atoms with van der Waals surface area (Å²) in [5.74, 6) is -0.530. The quantitative estimate of drug-likeness (QED) is 0.772. The van der Waals surface area contributed by atoms with Crippen LogP contribution in [-0.2, 0) is 0 Å². The Balaban J connectivity index is 2.15. The van der Waals surface area contributed by atoms with Gasteiger partial charge in [-0.15, -0.1) is 0 Å². The van der Waals surface area contributed by atoms with E-state index in [0.717, 1.165) is 17.0 Å². The SMILES string of the molecule is Cc1ccc(-c2nc3cc(C(=O)O)ccc3o2)c(C)n1. The molecule has 0 unspecified atom stereocenters. The van der Waals surface area contributed by atoms with Crippen LogP contribution in [-0.4, -0.2) is 21.0 Å². The molecule has 0 bridgehead atoms. The first-order chi connectivity index (χ1) is 9.54. The zero-order valence-electron chi connectivity index (χ0n) is 11.0. The van der Waals surface area contributed by atoms with Crippen molar-refractivity contribution in [3.05, 3.63) is 47.3 Å². The molecule has 0 saturated carbocycles. The van der Waals surface area contributed by atoms with Gasteiger partial charge >= 0.3 is 5.97 Å². The van der Waals surface area contributed by atoms with Crippen molar-refractivity contribution in [1.82, 2.24) is 9.97 Å². The van der Waals surface area contributed by atoms with E-state index in [1.807, 2.05) is 26.0 Å². The molecule has 3 rings (SSSR count). The highest BCUT2D eigenvalue weighted by atomic mass is 16.4. The van der Waals surface area contributed by atoms with Gasteiger partial charge in [0.15, 0.2) is 5.58 Å². The van der Waals surface area contributed by atoms with Crippen LogP contribution in [0.5, 0.6) is 0 Å². The molecule has 5 heteroatoms. The lowest BCUT2D eigenvalue weighted by atomic mass is 10.2. The van der Waals surface area contributed by atoms with Gasteiger partial charge < -0.3 is 9.52 Å². The number of hydrogen-bond acceptors (Lipinski definition) is 4.